The van der Waals surface area contributed by atoms with E-state index in [1.165, 1.54) is 5.56 Å². The van der Waals surface area contributed by atoms with Crippen LogP contribution in [0.25, 0.3) is 11.3 Å². The zero-order chi connectivity index (χ0) is 13.1. The molecule has 0 aliphatic rings. The largest absolute Gasteiger partial charge is 0.496 e. The average molecular weight is 245 g/mol. The minimum absolute atomic E-state index is 0.614. The molecule has 0 radical (unpaired) electrons. The first-order chi connectivity index (χ1) is 8.69. The van der Waals surface area contributed by atoms with Crippen molar-refractivity contribution < 1.29 is 4.74 Å². The molecule has 0 aliphatic heterocycles. The Morgan fingerprint density at radius 2 is 2.06 bits per heavy atom. The van der Waals surface area contributed by atoms with Crippen molar-refractivity contribution in [2.45, 2.75) is 20.3 Å². The molecule has 4 heteroatoms. The molecule has 2 rings (SSSR count). The summed E-state index contributed by atoms with van der Waals surface area (Å²) in [4.78, 5) is 7.57. The van der Waals surface area contributed by atoms with Crippen molar-refractivity contribution in [3.05, 3.63) is 35.3 Å². The van der Waals surface area contributed by atoms with Crippen molar-refractivity contribution in [1.82, 2.24) is 9.97 Å². The second kappa shape index (κ2) is 5.23. The highest BCUT2D eigenvalue weighted by Crippen LogP contribution is 2.31. The van der Waals surface area contributed by atoms with E-state index in [1.54, 1.807) is 13.4 Å². The predicted octanol–water partition coefficient (Wildman–Crippen LogP) is 2.20. The monoisotopic (exact) mass is 245 g/mol. The van der Waals surface area contributed by atoms with Gasteiger partial charge in [-0.3, -0.25) is 0 Å². The van der Waals surface area contributed by atoms with Crippen LogP contribution in [0.5, 0.6) is 5.75 Å². The molecule has 0 fully saturated rings. The lowest BCUT2D eigenvalue weighted by atomic mass is 9.98. The first-order valence-electron chi connectivity index (χ1n) is 6.06. The van der Waals surface area contributed by atoms with Crippen LogP contribution in [-0.2, 0) is 6.42 Å². The summed E-state index contributed by atoms with van der Waals surface area (Å²) >= 11 is 0. The quantitative estimate of drug-likeness (QED) is 0.868. The number of H-pyrrole nitrogens is 1. The van der Waals surface area contributed by atoms with E-state index in [-0.39, 0.29) is 0 Å². The Morgan fingerprint density at radius 1 is 1.28 bits per heavy atom. The minimum Gasteiger partial charge on any atom is -0.496 e. The molecule has 2 aromatic rings. The average Bonchev–Trinajstić information content (AvgIpc) is 2.81. The Hall–Kier alpha value is -1.81. The number of methoxy groups -OCH3 is 1. The second-order valence-electron chi connectivity index (χ2n) is 4.33. The highest BCUT2D eigenvalue weighted by molar-refractivity contribution is 5.69. The van der Waals surface area contributed by atoms with Gasteiger partial charge < -0.3 is 15.5 Å². The zero-order valence-corrected chi connectivity index (χ0v) is 11.1. The zero-order valence-electron chi connectivity index (χ0n) is 11.1. The number of rotatable bonds is 4. The molecule has 0 amide bonds. The van der Waals surface area contributed by atoms with Gasteiger partial charge >= 0.3 is 0 Å². The Kier molecular flexibility index (Phi) is 3.67. The molecule has 0 aliphatic carbocycles. The third-order valence-electron chi connectivity index (χ3n) is 3.33. The van der Waals surface area contributed by atoms with Crippen molar-refractivity contribution in [1.29, 1.82) is 0 Å². The van der Waals surface area contributed by atoms with Gasteiger partial charge in [0.1, 0.15) is 5.75 Å². The molecule has 3 N–H and O–H groups in total. The van der Waals surface area contributed by atoms with Crippen LogP contribution in [0, 0.1) is 13.8 Å². The number of aromatic amines is 1. The van der Waals surface area contributed by atoms with Gasteiger partial charge in [-0.2, -0.15) is 0 Å². The predicted molar refractivity (Wildman–Crippen MR) is 72.8 cm³/mol. The fourth-order valence-corrected chi connectivity index (χ4v) is 2.16. The standard InChI is InChI=1S/C14H19N3O/c1-9-10(2)13(18-3)5-4-11(9)14-12(6-7-15)16-8-17-14/h4-5,8H,6-7,15H2,1-3H3,(H,16,17). The number of imidazole rings is 1. The number of hydrogen-bond donors (Lipinski definition) is 2. The first kappa shape index (κ1) is 12.6. The topological polar surface area (TPSA) is 63.9 Å². The molecule has 0 saturated carbocycles. The minimum atomic E-state index is 0.614. The molecule has 96 valence electrons. The van der Waals surface area contributed by atoms with Crippen molar-refractivity contribution >= 4 is 0 Å². The fraction of sp³-hybridized carbons (Fsp3) is 0.357. The van der Waals surface area contributed by atoms with E-state index >= 15 is 0 Å². The van der Waals surface area contributed by atoms with Crippen LogP contribution in [-0.4, -0.2) is 23.6 Å². The van der Waals surface area contributed by atoms with E-state index in [2.05, 4.69) is 29.9 Å². The third kappa shape index (κ3) is 2.11. The van der Waals surface area contributed by atoms with Gasteiger partial charge in [-0.1, -0.05) is 0 Å². The van der Waals surface area contributed by atoms with Gasteiger partial charge in [0, 0.05) is 17.7 Å². The van der Waals surface area contributed by atoms with Crippen molar-refractivity contribution in [3.63, 3.8) is 0 Å². The summed E-state index contributed by atoms with van der Waals surface area (Å²) in [6, 6.07) is 4.04. The van der Waals surface area contributed by atoms with Gasteiger partial charge in [0.2, 0.25) is 0 Å². The number of ether oxygens (including phenoxy) is 1. The van der Waals surface area contributed by atoms with Gasteiger partial charge in [0.05, 0.1) is 19.1 Å². The summed E-state index contributed by atoms with van der Waals surface area (Å²) in [6.45, 7) is 4.77. The Balaban J connectivity index is 2.51. The van der Waals surface area contributed by atoms with Crippen LogP contribution >= 0.6 is 0 Å². The molecule has 18 heavy (non-hydrogen) atoms. The van der Waals surface area contributed by atoms with Crippen LogP contribution in [0.2, 0.25) is 0 Å². The summed E-state index contributed by atoms with van der Waals surface area (Å²) in [6.07, 6.45) is 2.53. The maximum absolute atomic E-state index is 5.61. The maximum atomic E-state index is 5.61. The highest BCUT2D eigenvalue weighted by atomic mass is 16.5. The molecule has 0 unspecified atom stereocenters. The first-order valence-corrected chi connectivity index (χ1v) is 6.06. The Bertz CT molecular complexity index is 546. The van der Waals surface area contributed by atoms with E-state index < -0.39 is 0 Å². The fourth-order valence-electron chi connectivity index (χ4n) is 2.16. The van der Waals surface area contributed by atoms with Gasteiger partial charge in [-0.25, -0.2) is 4.98 Å². The Labute approximate surface area is 107 Å². The van der Waals surface area contributed by atoms with Crippen molar-refractivity contribution in [2.75, 3.05) is 13.7 Å². The molecule has 4 nitrogen and oxygen atoms in total. The molecule has 1 heterocycles. The summed E-state index contributed by atoms with van der Waals surface area (Å²) in [5, 5.41) is 0. The van der Waals surface area contributed by atoms with Crippen molar-refractivity contribution in [3.8, 4) is 17.0 Å². The molecule has 0 bridgehead atoms. The molecule has 1 aromatic carbocycles. The number of aromatic nitrogens is 2. The van der Waals surface area contributed by atoms with Crippen LogP contribution in [0.3, 0.4) is 0 Å². The van der Waals surface area contributed by atoms with E-state index in [0.29, 0.717) is 6.54 Å². The summed E-state index contributed by atoms with van der Waals surface area (Å²) < 4.78 is 5.33. The SMILES string of the molecule is COc1ccc(-c2nc[nH]c2CCN)c(C)c1C. The van der Waals surface area contributed by atoms with Crippen molar-refractivity contribution in [2.24, 2.45) is 5.73 Å². The second-order valence-corrected chi connectivity index (χ2v) is 4.33. The summed E-state index contributed by atoms with van der Waals surface area (Å²) in [5.74, 6) is 0.909. The summed E-state index contributed by atoms with van der Waals surface area (Å²) in [7, 11) is 1.69. The van der Waals surface area contributed by atoms with Crippen LogP contribution in [0.4, 0.5) is 0 Å². The Morgan fingerprint density at radius 3 is 2.72 bits per heavy atom. The number of hydrogen-bond acceptors (Lipinski definition) is 3. The summed E-state index contributed by atoms with van der Waals surface area (Å²) in [5.41, 5.74) is 11.2. The maximum Gasteiger partial charge on any atom is 0.122 e. The highest BCUT2D eigenvalue weighted by Gasteiger charge is 2.13. The molecule has 0 saturated heterocycles. The molecule has 1 aromatic heterocycles. The van der Waals surface area contributed by atoms with Gasteiger partial charge in [-0.15, -0.1) is 0 Å². The van der Waals surface area contributed by atoms with Crippen LogP contribution in [0.1, 0.15) is 16.8 Å². The van der Waals surface area contributed by atoms with E-state index in [1.807, 2.05) is 6.07 Å². The van der Waals surface area contributed by atoms with E-state index in [0.717, 1.165) is 34.7 Å². The lowest BCUT2D eigenvalue weighted by Crippen LogP contribution is -2.04. The number of nitrogens with two attached hydrogens (primary N) is 1. The number of nitrogens with one attached hydrogen (secondary N) is 1. The smallest absolute Gasteiger partial charge is 0.122 e. The number of nitrogens with zero attached hydrogens (tertiary/aromatic N) is 1. The molecule has 0 spiro atoms. The third-order valence-corrected chi connectivity index (χ3v) is 3.33. The molecule has 0 atom stereocenters. The van der Waals surface area contributed by atoms with Crippen LogP contribution < -0.4 is 10.5 Å². The van der Waals surface area contributed by atoms with Gasteiger partial charge in [0.15, 0.2) is 0 Å². The van der Waals surface area contributed by atoms with Gasteiger partial charge in [-0.05, 0) is 43.7 Å². The van der Waals surface area contributed by atoms with Gasteiger partial charge in [0.25, 0.3) is 0 Å². The lowest BCUT2D eigenvalue weighted by molar-refractivity contribution is 0.411. The molecular weight excluding hydrogens is 226 g/mol. The van der Waals surface area contributed by atoms with E-state index in [9.17, 15) is 0 Å². The molecular formula is C14H19N3O. The lowest BCUT2D eigenvalue weighted by Gasteiger charge is -2.12. The normalized spacial score (nSPS) is 10.7. The van der Waals surface area contributed by atoms with E-state index in [4.69, 9.17) is 10.5 Å². The van der Waals surface area contributed by atoms with Crippen LogP contribution in [0.15, 0.2) is 18.5 Å². The number of benzene rings is 1.